The van der Waals surface area contributed by atoms with E-state index in [4.69, 9.17) is 11.6 Å². The minimum Gasteiger partial charge on any atom is -0.275 e. The summed E-state index contributed by atoms with van der Waals surface area (Å²) >= 11 is 9.55. The van der Waals surface area contributed by atoms with Crippen molar-refractivity contribution in [2.24, 2.45) is 7.05 Å². The van der Waals surface area contributed by atoms with E-state index < -0.39 is 5.82 Å². The van der Waals surface area contributed by atoms with Gasteiger partial charge in [0.05, 0.1) is 6.20 Å². The molecule has 3 rings (SSSR count). The molecule has 0 aliphatic heterocycles. The summed E-state index contributed by atoms with van der Waals surface area (Å²) in [6.45, 7) is 2.76. The third kappa shape index (κ3) is 3.30. The highest BCUT2D eigenvalue weighted by Gasteiger charge is 2.17. The van der Waals surface area contributed by atoms with Crippen LogP contribution in [0, 0.1) is 5.82 Å². The van der Waals surface area contributed by atoms with E-state index in [2.05, 4.69) is 31.1 Å². The molecule has 0 bridgehead atoms. The van der Waals surface area contributed by atoms with Gasteiger partial charge in [0.25, 0.3) is 0 Å². The third-order valence-corrected chi connectivity index (χ3v) is 4.35. The first-order valence-electron chi connectivity index (χ1n) is 7.03. The molecule has 3 aromatic rings. The van der Waals surface area contributed by atoms with Gasteiger partial charge >= 0.3 is 0 Å². The molecule has 120 valence electrons. The van der Waals surface area contributed by atoms with E-state index >= 15 is 0 Å². The van der Waals surface area contributed by atoms with Gasteiger partial charge in [-0.1, -0.05) is 11.6 Å². The summed E-state index contributed by atoms with van der Waals surface area (Å²) in [5, 5.41) is 9.18. The molecule has 0 spiro atoms. The van der Waals surface area contributed by atoms with Crippen molar-refractivity contribution in [1.29, 1.82) is 0 Å². The Kier molecular flexibility index (Phi) is 4.50. The van der Waals surface area contributed by atoms with Gasteiger partial charge in [-0.3, -0.25) is 14.3 Å². The Labute approximate surface area is 146 Å². The number of rotatable bonds is 4. The van der Waals surface area contributed by atoms with Gasteiger partial charge in [-0.2, -0.15) is 10.2 Å². The van der Waals surface area contributed by atoms with Crippen molar-refractivity contribution >= 4 is 27.5 Å². The standard InChI is InChI=1S/C15H14BrClFN5/c1-3-23-8-10(15(17)21-23)4-9-7-22(2)20-13(9)14-12(16)5-11(18)6-19-14/h5-8H,3-4H2,1-2H3. The number of hydrogen-bond donors (Lipinski definition) is 0. The molecule has 3 heterocycles. The van der Waals surface area contributed by atoms with E-state index in [1.54, 1.807) is 9.36 Å². The van der Waals surface area contributed by atoms with Gasteiger partial charge in [0.1, 0.15) is 17.2 Å². The van der Waals surface area contributed by atoms with Crippen molar-refractivity contribution in [2.75, 3.05) is 0 Å². The zero-order chi connectivity index (χ0) is 16.6. The number of halogens is 3. The van der Waals surface area contributed by atoms with Gasteiger partial charge in [-0.05, 0) is 28.9 Å². The lowest BCUT2D eigenvalue weighted by Gasteiger charge is -2.03. The summed E-state index contributed by atoms with van der Waals surface area (Å²) in [5.41, 5.74) is 3.16. The first kappa shape index (κ1) is 16.1. The average molecular weight is 399 g/mol. The Balaban J connectivity index is 2.02. The number of hydrogen-bond acceptors (Lipinski definition) is 3. The van der Waals surface area contributed by atoms with E-state index in [1.807, 2.05) is 26.4 Å². The second-order valence-corrected chi connectivity index (χ2v) is 6.35. The lowest BCUT2D eigenvalue weighted by atomic mass is 10.1. The fourth-order valence-corrected chi connectivity index (χ4v) is 3.10. The molecule has 0 aliphatic carbocycles. The van der Waals surface area contributed by atoms with Crippen molar-refractivity contribution < 1.29 is 4.39 Å². The summed E-state index contributed by atoms with van der Waals surface area (Å²) in [5.74, 6) is -0.398. The molecule has 0 fully saturated rings. The quantitative estimate of drug-likeness (QED) is 0.671. The highest BCUT2D eigenvalue weighted by atomic mass is 79.9. The predicted octanol–water partition coefficient (Wildman–Crippen LogP) is 3.84. The van der Waals surface area contributed by atoms with Crippen LogP contribution in [0.3, 0.4) is 0 Å². The second kappa shape index (κ2) is 6.41. The molecular formula is C15H14BrClFN5. The van der Waals surface area contributed by atoms with Crippen LogP contribution in [0.4, 0.5) is 4.39 Å². The monoisotopic (exact) mass is 397 g/mol. The number of aryl methyl sites for hydroxylation is 2. The Hall–Kier alpha value is -1.73. The Morgan fingerprint density at radius 3 is 2.65 bits per heavy atom. The molecule has 0 amide bonds. The van der Waals surface area contributed by atoms with Crippen LogP contribution in [0.1, 0.15) is 18.1 Å². The van der Waals surface area contributed by atoms with Crippen molar-refractivity contribution in [3.05, 3.63) is 51.2 Å². The highest BCUT2D eigenvalue weighted by Crippen LogP contribution is 2.30. The molecule has 8 heteroatoms. The largest absolute Gasteiger partial charge is 0.275 e. The lowest BCUT2D eigenvalue weighted by molar-refractivity contribution is 0.620. The maximum Gasteiger partial charge on any atom is 0.154 e. The molecule has 0 saturated heterocycles. The fourth-order valence-electron chi connectivity index (χ4n) is 2.38. The van der Waals surface area contributed by atoms with Crippen molar-refractivity contribution in [3.8, 4) is 11.4 Å². The maximum absolute atomic E-state index is 13.3. The summed E-state index contributed by atoms with van der Waals surface area (Å²) < 4.78 is 17.3. The Morgan fingerprint density at radius 1 is 1.22 bits per heavy atom. The van der Waals surface area contributed by atoms with Crippen LogP contribution in [-0.4, -0.2) is 24.5 Å². The van der Waals surface area contributed by atoms with Crippen LogP contribution in [0.25, 0.3) is 11.4 Å². The number of aromatic nitrogens is 5. The summed E-state index contributed by atoms with van der Waals surface area (Å²) in [6.07, 6.45) is 5.59. The molecule has 0 N–H and O–H groups in total. The summed E-state index contributed by atoms with van der Waals surface area (Å²) in [4.78, 5) is 4.16. The predicted molar refractivity (Wildman–Crippen MR) is 89.8 cm³/mol. The van der Waals surface area contributed by atoms with Crippen molar-refractivity contribution in [1.82, 2.24) is 24.5 Å². The second-order valence-electron chi connectivity index (χ2n) is 5.14. The van der Waals surface area contributed by atoms with Gasteiger partial charge < -0.3 is 0 Å². The zero-order valence-electron chi connectivity index (χ0n) is 12.6. The van der Waals surface area contributed by atoms with Gasteiger partial charge in [-0.25, -0.2) is 4.39 Å². The normalized spacial score (nSPS) is 11.2. The number of pyridine rings is 1. The molecule has 0 radical (unpaired) electrons. The van der Waals surface area contributed by atoms with E-state index in [0.29, 0.717) is 27.4 Å². The van der Waals surface area contributed by atoms with Gasteiger partial charge in [0.2, 0.25) is 0 Å². The van der Waals surface area contributed by atoms with Crippen LogP contribution < -0.4 is 0 Å². The van der Waals surface area contributed by atoms with Crippen molar-refractivity contribution in [3.63, 3.8) is 0 Å². The molecule has 0 saturated carbocycles. The lowest BCUT2D eigenvalue weighted by Crippen LogP contribution is -1.94. The third-order valence-electron chi connectivity index (χ3n) is 3.43. The topological polar surface area (TPSA) is 48.5 Å². The minimum absolute atomic E-state index is 0.398. The van der Waals surface area contributed by atoms with Crippen LogP contribution in [-0.2, 0) is 20.0 Å². The number of nitrogens with zero attached hydrogens (tertiary/aromatic N) is 5. The zero-order valence-corrected chi connectivity index (χ0v) is 14.9. The SMILES string of the molecule is CCn1cc(Cc2cn(C)nc2-c2ncc(F)cc2Br)c(Cl)n1. The molecule has 5 nitrogen and oxygen atoms in total. The molecule has 0 unspecified atom stereocenters. The van der Waals surface area contributed by atoms with Gasteiger partial charge in [-0.15, -0.1) is 0 Å². The minimum atomic E-state index is -0.398. The van der Waals surface area contributed by atoms with Gasteiger partial charge in [0, 0.05) is 48.0 Å². The maximum atomic E-state index is 13.3. The Morgan fingerprint density at radius 2 is 2.00 bits per heavy atom. The van der Waals surface area contributed by atoms with E-state index in [1.165, 1.54) is 12.3 Å². The summed E-state index contributed by atoms with van der Waals surface area (Å²) in [6, 6.07) is 1.38. The van der Waals surface area contributed by atoms with E-state index in [-0.39, 0.29) is 0 Å². The van der Waals surface area contributed by atoms with Crippen LogP contribution >= 0.6 is 27.5 Å². The van der Waals surface area contributed by atoms with Crippen LogP contribution in [0.5, 0.6) is 0 Å². The molecule has 0 atom stereocenters. The van der Waals surface area contributed by atoms with E-state index in [0.717, 1.165) is 17.7 Å². The smallest absolute Gasteiger partial charge is 0.154 e. The molecule has 0 aliphatic rings. The molecule has 23 heavy (non-hydrogen) atoms. The highest BCUT2D eigenvalue weighted by molar-refractivity contribution is 9.10. The first-order chi connectivity index (χ1) is 11.0. The fraction of sp³-hybridized carbons (Fsp3) is 0.267. The van der Waals surface area contributed by atoms with Gasteiger partial charge in [0.15, 0.2) is 5.15 Å². The molecule has 0 aromatic carbocycles. The van der Waals surface area contributed by atoms with Crippen LogP contribution in [0.15, 0.2) is 29.1 Å². The summed E-state index contributed by atoms with van der Waals surface area (Å²) in [7, 11) is 1.83. The first-order valence-corrected chi connectivity index (χ1v) is 8.20. The Bertz CT molecular complexity index is 858. The van der Waals surface area contributed by atoms with Crippen LogP contribution in [0.2, 0.25) is 5.15 Å². The van der Waals surface area contributed by atoms with Crippen molar-refractivity contribution in [2.45, 2.75) is 19.9 Å². The average Bonchev–Trinajstić information content (AvgIpc) is 3.03. The molecular weight excluding hydrogens is 385 g/mol. The van der Waals surface area contributed by atoms with E-state index in [9.17, 15) is 4.39 Å². The molecule has 3 aromatic heterocycles.